The standard InChI is InChI=1S/C29H33N5O4/c1-20-15-21(29(35)36)16-26-28(20)31-27(33(26)17-25-10-14-37-25)18-32-12-8-22(9-13-32)34-23(7-11-30-34)19-38-24-5-3-2-4-6-24/h2-7,11,15-16,22,25H,8-10,12-14,17-19H2,1H3,(H,35,36)/t25-/m0/s1. The molecule has 198 valence electrons. The predicted octanol–water partition coefficient (Wildman–Crippen LogP) is 4.44. The zero-order valence-electron chi connectivity index (χ0n) is 21.6. The van der Waals surface area contributed by atoms with Gasteiger partial charge in [-0.25, -0.2) is 9.78 Å². The van der Waals surface area contributed by atoms with E-state index in [1.807, 2.05) is 49.5 Å². The molecule has 2 aliphatic rings. The maximum atomic E-state index is 11.7. The monoisotopic (exact) mass is 515 g/mol. The summed E-state index contributed by atoms with van der Waals surface area (Å²) in [6.45, 7) is 6.50. The third kappa shape index (κ3) is 5.04. The summed E-state index contributed by atoms with van der Waals surface area (Å²) in [4.78, 5) is 19.1. The third-order valence-electron chi connectivity index (χ3n) is 7.70. The van der Waals surface area contributed by atoms with Crippen LogP contribution in [0.5, 0.6) is 5.75 Å². The highest BCUT2D eigenvalue weighted by Crippen LogP contribution is 2.28. The molecule has 0 unspecified atom stereocenters. The molecular formula is C29H33N5O4. The molecule has 0 radical (unpaired) electrons. The number of ether oxygens (including phenoxy) is 2. The highest BCUT2D eigenvalue weighted by Gasteiger charge is 2.27. The van der Waals surface area contributed by atoms with E-state index in [4.69, 9.17) is 14.5 Å². The Morgan fingerprint density at radius 1 is 1.13 bits per heavy atom. The van der Waals surface area contributed by atoms with Crippen LogP contribution in [0.25, 0.3) is 11.0 Å². The third-order valence-corrected chi connectivity index (χ3v) is 7.70. The number of aromatic carboxylic acids is 1. The molecule has 38 heavy (non-hydrogen) atoms. The van der Waals surface area contributed by atoms with Gasteiger partial charge in [-0.2, -0.15) is 5.10 Å². The SMILES string of the molecule is Cc1cc(C(=O)O)cc2c1nc(CN1CCC(n3nccc3COc3ccccc3)CC1)n2C[C@@H]1CCO1. The molecule has 9 heteroatoms. The normalized spacial score (nSPS) is 18.5. The number of likely N-dealkylation sites (tertiary alicyclic amines) is 1. The van der Waals surface area contributed by atoms with Crippen molar-refractivity contribution in [3.8, 4) is 5.75 Å². The number of aromatic nitrogens is 4. The summed E-state index contributed by atoms with van der Waals surface area (Å²) in [7, 11) is 0. The van der Waals surface area contributed by atoms with Crippen molar-refractivity contribution >= 4 is 17.0 Å². The first-order chi connectivity index (χ1) is 18.5. The number of carboxylic acids is 1. The van der Waals surface area contributed by atoms with Crippen molar-refractivity contribution < 1.29 is 19.4 Å². The quantitative estimate of drug-likeness (QED) is 0.352. The Kier molecular flexibility index (Phi) is 6.86. The van der Waals surface area contributed by atoms with Crippen molar-refractivity contribution in [3.05, 3.63) is 77.4 Å². The predicted molar refractivity (Wildman–Crippen MR) is 142 cm³/mol. The summed E-state index contributed by atoms with van der Waals surface area (Å²) in [5.74, 6) is 0.907. The van der Waals surface area contributed by atoms with Gasteiger partial charge in [-0.15, -0.1) is 0 Å². The Morgan fingerprint density at radius 3 is 2.63 bits per heavy atom. The summed E-state index contributed by atoms with van der Waals surface area (Å²) >= 11 is 0. The molecule has 1 atom stereocenters. The lowest BCUT2D eigenvalue weighted by atomic mass is 10.0. The Bertz CT molecular complexity index is 1420. The fourth-order valence-corrected chi connectivity index (χ4v) is 5.50. The van der Waals surface area contributed by atoms with Crippen molar-refractivity contribution in [2.45, 2.75) is 58.0 Å². The smallest absolute Gasteiger partial charge is 0.335 e. The summed E-state index contributed by atoms with van der Waals surface area (Å²) in [5, 5.41) is 14.2. The molecule has 6 rings (SSSR count). The first-order valence-corrected chi connectivity index (χ1v) is 13.3. The van der Waals surface area contributed by atoms with E-state index >= 15 is 0 Å². The van der Waals surface area contributed by atoms with Crippen molar-refractivity contribution in [1.82, 2.24) is 24.2 Å². The van der Waals surface area contributed by atoms with Gasteiger partial charge in [-0.1, -0.05) is 18.2 Å². The van der Waals surface area contributed by atoms with Crippen LogP contribution in [0.3, 0.4) is 0 Å². The highest BCUT2D eigenvalue weighted by atomic mass is 16.5. The first kappa shape index (κ1) is 24.6. The molecule has 0 aliphatic carbocycles. The fourth-order valence-electron chi connectivity index (χ4n) is 5.50. The van der Waals surface area contributed by atoms with Gasteiger partial charge in [0.05, 0.1) is 47.5 Å². The van der Waals surface area contributed by atoms with Gasteiger partial charge in [0.25, 0.3) is 0 Å². The highest BCUT2D eigenvalue weighted by molar-refractivity contribution is 5.93. The van der Waals surface area contributed by atoms with Crippen LogP contribution in [0.4, 0.5) is 0 Å². The summed E-state index contributed by atoms with van der Waals surface area (Å²) < 4.78 is 16.0. The van der Waals surface area contributed by atoms with E-state index in [2.05, 4.69) is 19.2 Å². The first-order valence-electron chi connectivity index (χ1n) is 13.3. The molecule has 0 bridgehead atoms. The van der Waals surface area contributed by atoms with Crippen molar-refractivity contribution in [2.75, 3.05) is 19.7 Å². The molecule has 4 aromatic rings. The van der Waals surface area contributed by atoms with Gasteiger partial charge in [0, 0.05) is 25.9 Å². The Hall–Kier alpha value is -3.69. The van der Waals surface area contributed by atoms with Gasteiger partial charge in [0.1, 0.15) is 18.2 Å². The summed E-state index contributed by atoms with van der Waals surface area (Å²) in [6.07, 6.45) is 5.02. The minimum absolute atomic E-state index is 0.155. The number of rotatable bonds is 9. The van der Waals surface area contributed by atoms with Gasteiger partial charge in [0.15, 0.2) is 0 Å². The molecule has 2 aromatic carbocycles. The largest absolute Gasteiger partial charge is 0.487 e. The number of hydrogen-bond acceptors (Lipinski definition) is 6. The van der Waals surface area contributed by atoms with E-state index in [0.29, 0.717) is 24.8 Å². The van der Waals surface area contributed by atoms with Crippen LogP contribution in [-0.2, 0) is 24.4 Å². The van der Waals surface area contributed by atoms with E-state index < -0.39 is 5.97 Å². The lowest BCUT2D eigenvalue weighted by Gasteiger charge is -2.33. The van der Waals surface area contributed by atoms with E-state index in [0.717, 1.165) is 79.4 Å². The molecule has 1 N–H and O–H groups in total. The zero-order chi connectivity index (χ0) is 26.1. The number of carboxylic acid groups (broad SMARTS) is 1. The number of fused-ring (bicyclic) bond motifs is 1. The van der Waals surface area contributed by atoms with Crippen LogP contribution < -0.4 is 4.74 Å². The summed E-state index contributed by atoms with van der Waals surface area (Å²) in [5.41, 5.74) is 4.02. The van der Waals surface area contributed by atoms with Gasteiger partial charge in [-0.05, 0) is 62.1 Å². The second-order valence-electron chi connectivity index (χ2n) is 10.3. The average molecular weight is 516 g/mol. The molecule has 2 aromatic heterocycles. The number of benzene rings is 2. The maximum absolute atomic E-state index is 11.7. The van der Waals surface area contributed by atoms with Gasteiger partial charge < -0.3 is 19.1 Å². The molecule has 2 aliphatic heterocycles. The molecule has 0 amide bonds. The Balaban J connectivity index is 1.15. The van der Waals surface area contributed by atoms with E-state index in [9.17, 15) is 9.90 Å². The topological polar surface area (TPSA) is 94.6 Å². The van der Waals surface area contributed by atoms with Gasteiger partial charge >= 0.3 is 5.97 Å². The number of nitrogens with zero attached hydrogens (tertiary/aromatic N) is 5. The van der Waals surface area contributed by atoms with Gasteiger partial charge in [0.2, 0.25) is 0 Å². The minimum Gasteiger partial charge on any atom is -0.487 e. The van der Waals surface area contributed by atoms with Gasteiger partial charge in [-0.3, -0.25) is 9.58 Å². The number of para-hydroxylation sites is 1. The summed E-state index contributed by atoms with van der Waals surface area (Å²) in [6, 6.07) is 15.7. The number of carbonyl (C=O) groups is 1. The second-order valence-corrected chi connectivity index (χ2v) is 10.3. The molecular weight excluding hydrogens is 482 g/mol. The lowest BCUT2D eigenvalue weighted by molar-refractivity contribution is -0.0592. The number of aryl methyl sites for hydroxylation is 1. The molecule has 2 saturated heterocycles. The number of imidazole rings is 1. The Labute approximate surface area is 221 Å². The lowest BCUT2D eigenvalue weighted by Crippen LogP contribution is -2.36. The van der Waals surface area contributed by atoms with Crippen molar-refractivity contribution in [2.24, 2.45) is 0 Å². The minimum atomic E-state index is -0.918. The zero-order valence-corrected chi connectivity index (χ0v) is 21.6. The number of hydrogen-bond donors (Lipinski definition) is 1. The van der Waals surface area contributed by atoms with Crippen LogP contribution in [-0.4, -0.2) is 61.1 Å². The average Bonchev–Trinajstić information content (AvgIpc) is 3.51. The van der Waals surface area contributed by atoms with Crippen LogP contribution in [0.2, 0.25) is 0 Å². The Morgan fingerprint density at radius 2 is 1.92 bits per heavy atom. The van der Waals surface area contributed by atoms with Crippen LogP contribution >= 0.6 is 0 Å². The molecule has 0 spiro atoms. The van der Waals surface area contributed by atoms with Crippen molar-refractivity contribution in [1.29, 1.82) is 0 Å². The maximum Gasteiger partial charge on any atom is 0.335 e. The molecule has 2 fully saturated rings. The molecule has 9 nitrogen and oxygen atoms in total. The number of piperidine rings is 1. The van der Waals surface area contributed by atoms with Crippen LogP contribution in [0.15, 0.2) is 54.7 Å². The molecule has 0 saturated carbocycles. The van der Waals surface area contributed by atoms with Crippen LogP contribution in [0, 0.1) is 6.92 Å². The van der Waals surface area contributed by atoms with Crippen molar-refractivity contribution in [3.63, 3.8) is 0 Å². The van der Waals surface area contributed by atoms with E-state index in [1.165, 1.54) is 0 Å². The van der Waals surface area contributed by atoms with E-state index in [1.54, 1.807) is 12.1 Å². The second kappa shape index (κ2) is 10.6. The molecule has 4 heterocycles. The van der Waals surface area contributed by atoms with Crippen LogP contribution in [0.1, 0.15) is 52.7 Å². The van der Waals surface area contributed by atoms with E-state index in [-0.39, 0.29) is 6.10 Å². The fraction of sp³-hybridized carbons (Fsp3) is 0.414.